The largest absolute Gasteiger partial charge is 0.358 e. The summed E-state index contributed by atoms with van der Waals surface area (Å²) in [6.45, 7) is 9.55. The molecule has 5 nitrogen and oxygen atoms in total. The Hall–Kier alpha value is -1.36. The Morgan fingerprint density at radius 3 is 2.50 bits per heavy atom. The number of aryl methyl sites for hydroxylation is 1. The lowest BCUT2D eigenvalue weighted by molar-refractivity contribution is -0.122. The fourth-order valence-electron chi connectivity index (χ4n) is 1.69. The van der Waals surface area contributed by atoms with E-state index in [2.05, 4.69) is 27.5 Å². The highest BCUT2D eigenvalue weighted by Gasteiger charge is 2.17. The van der Waals surface area contributed by atoms with Gasteiger partial charge in [0.05, 0.1) is 0 Å². The lowest BCUT2D eigenvalue weighted by atomic mass is 10.2. The van der Waals surface area contributed by atoms with Gasteiger partial charge in [0.2, 0.25) is 5.91 Å². The smallest absolute Gasteiger partial charge is 0.242 e. The van der Waals surface area contributed by atoms with Crippen LogP contribution >= 0.6 is 11.6 Å². The van der Waals surface area contributed by atoms with E-state index in [1.807, 2.05) is 20.8 Å². The first-order chi connectivity index (χ1) is 9.35. The van der Waals surface area contributed by atoms with Crippen molar-refractivity contribution in [1.82, 2.24) is 15.3 Å². The van der Waals surface area contributed by atoms with Crippen LogP contribution < -0.4 is 10.6 Å². The molecule has 0 aliphatic rings. The highest BCUT2D eigenvalue weighted by atomic mass is 35.5. The van der Waals surface area contributed by atoms with Crippen LogP contribution in [0.1, 0.15) is 45.5 Å². The molecule has 0 fully saturated rings. The van der Waals surface area contributed by atoms with E-state index in [0.717, 1.165) is 18.4 Å². The zero-order valence-electron chi connectivity index (χ0n) is 12.7. The number of rotatable bonds is 6. The van der Waals surface area contributed by atoms with Crippen molar-refractivity contribution in [3.8, 4) is 0 Å². The minimum Gasteiger partial charge on any atom is -0.358 e. The zero-order chi connectivity index (χ0) is 15.3. The van der Waals surface area contributed by atoms with E-state index in [4.69, 9.17) is 11.6 Å². The third kappa shape index (κ3) is 4.63. The predicted octanol–water partition coefficient (Wildman–Crippen LogP) is 2.72. The summed E-state index contributed by atoms with van der Waals surface area (Å²) in [5, 5.41) is 6.40. The second-order valence-corrected chi connectivity index (χ2v) is 5.54. The molecular weight excluding hydrogens is 276 g/mol. The Morgan fingerprint density at radius 2 is 1.95 bits per heavy atom. The van der Waals surface area contributed by atoms with Gasteiger partial charge in [-0.2, -0.15) is 0 Å². The van der Waals surface area contributed by atoms with E-state index in [1.165, 1.54) is 0 Å². The van der Waals surface area contributed by atoms with Gasteiger partial charge in [0.1, 0.15) is 22.8 Å². The number of anilines is 1. The molecule has 0 radical (unpaired) electrons. The summed E-state index contributed by atoms with van der Waals surface area (Å²) in [5.74, 6) is 1.26. The highest BCUT2D eigenvalue weighted by Crippen LogP contribution is 2.21. The molecule has 1 rings (SSSR count). The van der Waals surface area contributed by atoms with Gasteiger partial charge in [-0.3, -0.25) is 4.79 Å². The van der Waals surface area contributed by atoms with E-state index in [9.17, 15) is 4.79 Å². The molecule has 0 bridgehead atoms. The first kappa shape index (κ1) is 16.7. The molecule has 1 aromatic rings. The van der Waals surface area contributed by atoms with Crippen molar-refractivity contribution in [2.24, 2.45) is 0 Å². The van der Waals surface area contributed by atoms with Crippen LogP contribution in [-0.4, -0.2) is 28.0 Å². The van der Waals surface area contributed by atoms with Crippen LogP contribution in [0.3, 0.4) is 0 Å². The Bertz CT molecular complexity index is 476. The van der Waals surface area contributed by atoms with Crippen molar-refractivity contribution in [1.29, 1.82) is 0 Å². The maximum Gasteiger partial charge on any atom is 0.242 e. The van der Waals surface area contributed by atoms with Gasteiger partial charge >= 0.3 is 0 Å². The zero-order valence-corrected chi connectivity index (χ0v) is 13.5. The lowest BCUT2D eigenvalue weighted by Crippen LogP contribution is -2.41. The molecule has 0 saturated heterocycles. The van der Waals surface area contributed by atoms with Crippen LogP contribution in [0, 0.1) is 6.92 Å². The standard InChI is InChI=1S/C14H23ClN4O/c1-6-7-11-18-12(15)9(4)13(19-11)17-10(5)14(20)16-8(2)3/h8,10H,6-7H2,1-5H3,(H,16,20)(H,17,18,19). The molecule has 20 heavy (non-hydrogen) atoms. The summed E-state index contributed by atoms with van der Waals surface area (Å²) in [6.07, 6.45) is 1.71. The molecule has 6 heteroatoms. The maximum atomic E-state index is 11.9. The van der Waals surface area contributed by atoms with E-state index in [0.29, 0.717) is 16.8 Å². The second kappa shape index (κ2) is 7.43. The molecule has 1 unspecified atom stereocenters. The highest BCUT2D eigenvalue weighted by molar-refractivity contribution is 6.30. The van der Waals surface area contributed by atoms with Crippen molar-refractivity contribution < 1.29 is 4.79 Å². The van der Waals surface area contributed by atoms with Gasteiger partial charge in [-0.1, -0.05) is 18.5 Å². The second-order valence-electron chi connectivity index (χ2n) is 5.18. The number of hydrogen-bond donors (Lipinski definition) is 2. The van der Waals surface area contributed by atoms with Gasteiger partial charge < -0.3 is 10.6 Å². The number of carbonyl (C=O) groups excluding carboxylic acids is 1. The molecule has 1 heterocycles. The van der Waals surface area contributed by atoms with Gasteiger partial charge in [0.15, 0.2) is 0 Å². The third-order valence-corrected chi connectivity index (χ3v) is 3.15. The monoisotopic (exact) mass is 298 g/mol. The summed E-state index contributed by atoms with van der Waals surface area (Å²) in [7, 11) is 0. The van der Waals surface area contributed by atoms with E-state index < -0.39 is 0 Å². The van der Waals surface area contributed by atoms with E-state index >= 15 is 0 Å². The van der Waals surface area contributed by atoms with Gasteiger partial charge in [-0.25, -0.2) is 9.97 Å². The Labute approximate surface area is 125 Å². The minimum absolute atomic E-state index is 0.0637. The molecular formula is C14H23ClN4O. The average molecular weight is 299 g/mol. The van der Waals surface area contributed by atoms with Crippen LogP contribution in [0.25, 0.3) is 0 Å². The Morgan fingerprint density at radius 1 is 1.30 bits per heavy atom. The quantitative estimate of drug-likeness (QED) is 0.793. The van der Waals surface area contributed by atoms with Crippen LogP contribution in [0.5, 0.6) is 0 Å². The molecule has 1 amide bonds. The fraction of sp³-hybridized carbons (Fsp3) is 0.643. The molecule has 1 aromatic heterocycles. The molecule has 0 saturated carbocycles. The lowest BCUT2D eigenvalue weighted by Gasteiger charge is -2.18. The van der Waals surface area contributed by atoms with Gasteiger partial charge in [0, 0.05) is 18.0 Å². The van der Waals surface area contributed by atoms with Gasteiger partial charge in [0.25, 0.3) is 0 Å². The predicted molar refractivity (Wildman–Crippen MR) is 82.1 cm³/mol. The van der Waals surface area contributed by atoms with Crippen LogP contribution in [0.2, 0.25) is 5.15 Å². The number of amides is 1. The number of nitrogens with one attached hydrogen (secondary N) is 2. The fourth-order valence-corrected chi connectivity index (χ4v) is 1.88. The number of carbonyl (C=O) groups is 1. The molecule has 2 N–H and O–H groups in total. The number of hydrogen-bond acceptors (Lipinski definition) is 4. The molecule has 1 atom stereocenters. The number of halogens is 1. The first-order valence-electron chi connectivity index (χ1n) is 6.95. The van der Waals surface area contributed by atoms with Crippen molar-refractivity contribution in [2.45, 2.75) is 59.5 Å². The van der Waals surface area contributed by atoms with Gasteiger partial charge in [-0.15, -0.1) is 0 Å². The summed E-state index contributed by atoms with van der Waals surface area (Å²) in [4.78, 5) is 20.6. The van der Waals surface area contributed by atoms with Crippen LogP contribution in [-0.2, 0) is 11.2 Å². The first-order valence-corrected chi connectivity index (χ1v) is 7.32. The molecule has 112 valence electrons. The Kier molecular flexibility index (Phi) is 6.20. The minimum atomic E-state index is -0.378. The molecule has 0 aliphatic heterocycles. The number of aromatic nitrogens is 2. The summed E-state index contributed by atoms with van der Waals surface area (Å²) < 4.78 is 0. The normalized spacial score (nSPS) is 12.3. The van der Waals surface area contributed by atoms with Crippen molar-refractivity contribution in [3.05, 3.63) is 16.5 Å². The number of nitrogens with zero attached hydrogens (tertiary/aromatic N) is 2. The van der Waals surface area contributed by atoms with Crippen molar-refractivity contribution >= 4 is 23.3 Å². The van der Waals surface area contributed by atoms with Crippen molar-refractivity contribution in [3.63, 3.8) is 0 Å². The van der Waals surface area contributed by atoms with Crippen LogP contribution in [0.4, 0.5) is 5.82 Å². The van der Waals surface area contributed by atoms with Gasteiger partial charge in [-0.05, 0) is 34.1 Å². The van der Waals surface area contributed by atoms with E-state index in [-0.39, 0.29) is 18.0 Å². The average Bonchev–Trinajstić information content (AvgIpc) is 2.34. The van der Waals surface area contributed by atoms with Crippen LogP contribution in [0.15, 0.2) is 0 Å². The topological polar surface area (TPSA) is 66.9 Å². The summed E-state index contributed by atoms with van der Waals surface area (Å²) in [5.41, 5.74) is 0.760. The Balaban J connectivity index is 2.88. The maximum absolute atomic E-state index is 11.9. The van der Waals surface area contributed by atoms with E-state index in [1.54, 1.807) is 6.92 Å². The summed E-state index contributed by atoms with van der Waals surface area (Å²) in [6, 6.07) is -0.269. The summed E-state index contributed by atoms with van der Waals surface area (Å²) >= 11 is 6.11. The molecule has 0 aromatic carbocycles. The third-order valence-electron chi connectivity index (χ3n) is 2.78. The van der Waals surface area contributed by atoms with Crippen molar-refractivity contribution in [2.75, 3.05) is 5.32 Å². The molecule has 0 aliphatic carbocycles. The molecule has 0 spiro atoms. The SMILES string of the molecule is CCCc1nc(Cl)c(C)c(NC(C)C(=O)NC(C)C)n1.